The molecule has 0 unspecified atom stereocenters. The second kappa shape index (κ2) is 7.87. The van der Waals surface area contributed by atoms with Gasteiger partial charge in [0.25, 0.3) is 5.91 Å². The summed E-state index contributed by atoms with van der Waals surface area (Å²) in [6, 6.07) is 21.0. The van der Waals surface area contributed by atoms with Gasteiger partial charge in [-0.2, -0.15) is 0 Å². The van der Waals surface area contributed by atoms with E-state index in [2.05, 4.69) is 0 Å². The third kappa shape index (κ3) is 3.63. The van der Waals surface area contributed by atoms with Crippen LogP contribution < -0.4 is 5.73 Å². The van der Waals surface area contributed by atoms with Gasteiger partial charge in [0, 0.05) is 5.56 Å². The van der Waals surface area contributed by atoms with Crippen LogP contribution in [0.4, 0.5) is 4.39 Å². The predicted molar refractivity (Wildman–Crippen MR) is 108 cm³/mol. The highest BCUT2D eigenvalue weighted by Gasteiger charge is 2.39. The van der Waals surface area contributed by atoms with Crippen LogP contribution in [0, 0.1) is 5.82 Å². The van der Waals surface area contributed by atoms with E-state index in [0.717, 1.165) is 11.1 Å². The summed E-state index contributed by atoms with van der Waals surface area (Å²) in [6.07, 6.45) is 1.31. The summed E-state index contributed by atoms with van der Waals surface area (Å²) in [6.45, 7) is 0. The molecule has 29 heavy (non-hydrogen) atoms. The van der Waals surface area contributed by atoms with Gasteiger partial charge >= 0.3 is 0 Å². The van der Waals surface area contributed by atoms with Gasteiger partial charge < -0.3 is 10.6 Å². The third-order valence-corrected chi connectivity index (χ3v) is 5.41. The number of nitrogens with zero attached hydrogens (tertiary/aromatic N) is 1. The lowest BCUT2D eigenvalue weighted by molar-refractivity contribution is -0.123. The van der Waals surface area contributed by atoms with Gasteiger partial charge in [-0.3, -0.25) is 9.59 Å². The standard InChI is InChI=1S/C24H21FN2O2/c25-19-13-11-16-12-14-21(20(16)15-19)27(24(29)18-9-5-2-6-10-18)22(23(26)28)17-7-3-1-4-8-17/h1-11,13,15,21-22H,12,14H2,(H2,26,28)/t21-,22+/m1/s1. The number of primary amides is 1. The summed E-state index contributed by atoms with van der Waals surface area (Å²) in [5.41, 5.74) is 8.61. The highest BCUT2D eigenvalue weighted by Crippen LogP contribution is 2.41. The van der Waals surface area contributed by atoms with Crippen LogP contribution in [-0.2, 0) is 11.2 Å². The molecule has 3 aromatic carbocycles. The number of hydrogen-bond donors (Lipinski definition) is 1. The summed E-state index contributed by atoms with van der Waals surface area (Å²) >= 11 is 0. The van der Waals surface area contributed by atoms with Crippen molar-refractivity contribution in [3.63, 3.8) is 0 Å². The van der Waals surface area contributed by atoms with Crippen molar-refractivity contribution >= 4 is 11.8 Å². The van der Waals surface area contributed by atoms with Gasteiger partial charge in [-0.25, -0.2) is 4.39 Å². The topological polar surface area (TPSA) is 63.4 Å². The number of fused-ring (bicyclic) bond motifs is 1. The molecular formula is C24H21FN2O2. The van der Waals surface area contributed by atoms with Crippen molar-refractivity contribution in [1.29, 1.82) is 0 Å². The third-order valence-electron chi connectivity index (χ3n) is 5.41. The smallest absolute Gasteiger partial charge is 0.255 e. The summed E-state index contributed by atoms with van der Waals surface area (Å²) < 4.78 is 14.0. The number of amides is 2. The number of rotatable bonds is 5. The molecule has 0 bridgehead atoms. The van der Waals surface area contributed by atoms with Gasteiger partial charge in [-0.1, -0.05) is 54.6 Å². The molecule has 146 valence electrons. The molecular weight excluding hydrogens is 367 g/mol. The molecule has 3 aromatic rings. The Balaban J connectivity index is 1.86. The molecule has 0 aromatic heterocycles. The Morgan fingerprint density at radius 1 is 0.966 bits per heavy atom. The average molecular weight is 388 g/mol. The molecule has 4 rings (SSSR count). The average Bonchev–Trinajstić information content (AvgIpc) is 3.15. The van der Waals surface area contributed by atoms with E-state index in [4.69, 9.17) is 5.73 Å². The summed E-state index contributed by atoms with van der Waals surface area (Å²) in [7, 11) is 0. The second-order valence-corrected chi connectivity index (χ2v) is 7.19. The Bertz CT molecular complexity index is 1040. The second-order valence-electron chi connectivity index (χ2n) is 7.19. The van der Waals surface area contributed by atoms with Crippen LogP contribution in [0.15, 0.2) is 78.9 Å². The minimum absolute atomic E-state index is 0.305. The van der Waals surface area contributed by atoms with Gasteiger partial charge in [-0.05, 0) is 53.8 Å². The molecule has 0 radical (unpaired) electrons. The van der Waals surface area contributed by atoms with Crippen LogP contribution in [0.25, 0.3) is 0 Å². The van der Waals surface area contributed by atoms with Crippen molar-refractivity contribution in [1.82, 2.24) is 4.90 Å². The maximum atomic E-state index is 14.0. The summed E-state index contributed by atoms with van der Waals surface area (Å²) in [4.78, 5) is 27.7. The Morgan fingerprint density at radius 2 is 1.62 bits per heavy atom. The van der Waals surface area contributed by atoms with E-state index in [1.807, 2.05) is 12.1 Å². The number of carbonyl (C=O) groups excluding carboxylic acids is 2. The first kappa shape index (κ1) is 18.9. The molecule has 1 aliphatic carbocycles. The van der Waals surface area contributed by atoms with Crippen LogP contribution in [0.5, 0.6) is 0 Å². The fourth-order valence-electron chi connectivity index (χ4n) is 4.11. The fourth-order valence-corrected chi connectivity index (χ4v) is 4.11. The van der Waals surface area contributed by atoms with Crippen molar-refractivity contribution in [2.24, 2.45) is 5.73 Å². The van der Waals surface area contributed by atoms with Gasteiger partial charge in [0.05, 0.1) is 6.04 Å². The lowest BCUT2D eigenvalue weighted by atomic mass is 9.98. The monoisotopic (exact) mass is 388 g/mol. The zero-order valence-corrected chi connectivity index (χ0v) is 15.8. The van der Waals surface area contributed by atoms with E-state index < -0.39 is 18.0 Å². The maximum Gasteiger partial charge on any atom is 0.255 e. The number of hydrogen-bond acceptors (Lipinski definition) is 2. The van der Waals surface area contributed by atoms with Crippen molar-refractivity contribution in [3.8, 4) is 0 Å². The zero-order valence-electron chi connectivity index (χ0n) is 15.8. The number of benzene rings is 3. The maximum absolute atomic E-state index is 14.0. The van der Waals surface area contributed by atoms with Crippen molar-refractivity contribution in [3.05, 3.63) is 107 Å². The molecule has 0 heterocycles. The van der Waals surface area contributed by atoms with Crippen LogP contribution in [-0.4, -0.2) is 16.7 Å². The first-order chi connectivity index (χ1) is 14.1. The zero-order chi connectivity index (χ0) is 20.4. The van der Waals surface area contributed by atoms with E-state index in [1.165, 1.54) is 17.0 Å². The Morgan fingerprint density at radius 3 is 2.28 bits per heavy atom. The minimum atomic E-state index is -0.955. The fraction of sp³-hybridized carbons (Fsp3) is 0.167. The van der Waals surface area contributed by atoms with Crippen molar-refractivity contribution in [2.45, 2.75) is 24.9 Å². The molecule has 0 saturated carbocycles. The highest BCUT2D eigenvalue weighted by atomic mass is 19.1. The SMILES string of the molecule is NC(=O)[C@H](c1ccccc1)N(C(=O)c1ccccc1)[C@@H]1CCc2ccc(F)cc21. The number of carbonyl (C=O) groups is 2. The van der Waals surface area contributed by atoms with E-state index in [0.29, 0.717) is 24.0 Å². The van der Waals surface area contributed by atoms with Crippen LogP contribution >= 0.6 is 0 Å². The normalized spacial score (nSPS) is 16.1. The first-order valence-corrected chi connectivity index (χ1v) is 9.56. The minimum Gasteiger partial charge on any atom is -0.368 e. The van der Waals surface area contributed by atoms with Crippen LogP contribution in [0.3, 0.4) is 0 Å². The molecule has 2 atom stereocenters. The van der Waals surface area contributed by atoms with Gasteiger partial charge in [0.2, 0.25) is 5.91 Å². The van der Waals surface area contributed by atoms with E-state index in [-0.39, 0.29) is 11.7 Å². The number of halogens is 1. The molecule has 2 amide bonds. The molecule has 0 fully saturated rings. The van der Waals surface area contributed by atoms with Gasteiger partial charge in [-0.15, -0.1) is 0 Å². The number of aryl methyl sites for hydroxylation is 1. The molecule has 0 saturated heterocycles. The first-order valence-electron chi connectivity index (χ1n) is 9.56. The largest absolute Gasteiger partial charge is 0.368 e. The van der Waals surface area contributed by atoms with Crippen LogP contribution in [0.1, 0.15) is 45.6 Å². The Labute approximate surface area is 168 Å². The lowest BCUT2D eigenvalue weighted by Gasteiger charge is -2.36. The lowest BCUT2D eigenvalue weighted by Crippen LogP contribution is -2.43. The van der Waals surface area contributed by atoms with Gasteiger partial charge in [0.15, 0.2) is 0 Å². The highest BCUT2D eigenvalue weighted by molar-refractivity contribution is 5.98. The van der Waals surface area contributed by atoms with Crippen LogP contribution in [0.2, 0.25) is 0 Å². The Kier molecular flexibility index (Phi) is 5.12. The van der Waals surface area contributed by atoms with E-state index >= 15 is 0 Å². The molecule has 5 heteroatoms. The van der Waals surface area contributed by atoms with Crippen molar-refractivity contribution < 1.29 is 14.0 Å². The number of nitrogens with two attached hydrogens (primary N) is 1. The van der Waals surface area contributed by atoms with Crippen molar-refractivity contribution in [2.75, 3.05) is 0 Å². The molecule has 0 spiro atoms. The molecule has 4 nitrogen and oxygen atoms in total. The molecule has 0 aliphatic heterocycles. The summed E-state index contributed by atoms with van der Waals surface area (Å²) in [5, 5.41) is 0. The van der Waals surface area contributed by atoms with Gasteiger partial charge in [0.1, 0.15) is 11.9 Å². The van der Waals surface area contributed by atoms with E-state index in [9.17, 15) is 14.0 Å². The van der Waals surface area contributed by atoms with E-state index in [1.54, 1.807) is 54.6 Å². The molecule has 1 aliphatic rings. The quantitative estimate of drug-likeness (QED) is 0.713. The predicted octanol–water partition coefficient (Wildman–Crippen LogP) is 4.18. The summed E-state index contributed by atoms with van der Waals surface area (Å²) in [5.74, 6) is -1.29. The molecule has 2 N–H and O–H groups in total. The Hall–Kier alpha value is -3.47.